The van der Waals surface area contributed by atoms with Gasteiger partial charge in [-0.25, -0.2) is 0 Å². The molecule has 4 atom stereocenters. The van der Waals surface area contributed by atoms with E-state index < -0.39 is 0 Å². The van der Waals surface area contributed by atoms with Crippen LogP contribution in [0.1, 0.15) is 18.4 Å². The molecular weight excluding hydrogens is 306 g/mol. The van der Waals surface area contributed by atoms with Gasteiger partial charge in [-0.3, -0.25) is 0 Å². The van der Waals surface area contributed by atoms with Crippen LogP contribution in [-0.2, 0) is 4.74 Å². The molecule has 5 heteroatoms. The highest BCUT2D eigenvalue weighted by molar-refractivity contribution is 9.10. The number of nitrogens with one attached hydrogen (secondary N) is 1. The van der Waals surface area contributed by atoms with Crippen LogP contribution < -0.4 is 11.1 Å². The van der Waals surface area contributed by atoms with Crippen LogP contribution >= 0.6 is 15.9 Å². The van der Waals surface area contributed by atoms with E-state index in [0.29, 0.717) is 11.5 Å². The van der Waals surface area contributed by atoms with Crippen LogP contribution in [0.25, 0.3) is 0 Å². The van der Waals surface area contributed by atoms with Crippen LogP contribution in [-0.4, -0.2) is 24.8 Å². The van der Waals surface area contributed by atoms with Crippen LogP contribution in [0.2, 0.25) is 0 Å². The fraction of sp³-hybridized carbons (Fsp3) is 0.500. The Hall–Kier alpha value is -1.09. The maximum Gasteiger partial charge on any atom is 0.100 e. The standard InChI is InChI=1S/C14H16BrN3O/c15-11-6-9(4-3-8(11)7-16)18-13-12(17)10-2-1-5-19-14(10)13/h3-4,6,10,12-14,18H,1-2,5,17H2. The molecule has 3 N–H and O–H groups in total. The summed E-state index contributed by atoms with van der Waals surface area (Å²) in [5, 5.41) is 12.3. The molecule has 1 aromatic carbocycles. The van der Waals surface area contributed by atoms with Gasteiger partial charge in [-0.2, -0.15) is 5.26 Å². The topological polar surface area (TPSA) is 71.1 Å². The van der Waals surface area contributed by atoms with Crippen LogP contribution in [0.15, 0.2) is 22.7 Å². The summed E-state index contributed by atoms with van der Waals surface area (Å²) in [6, 6.07) is 8.09. The molecule has 1 aromatic rings. The number of benzene rings is 1. The maximum absolute atomic E-state index is 8.90. The van der Waals surface area contributed by atoms with Crippen molar-refractivity contribution in [2.45, 2.75) is 31.0 Å². The molecule has 0 aromatic heterocycles. The molecule has 2 fully saturated rings. The van der Waals surface area contributed by atoms with E-state index in [1.807, 2.05) is 12.1 Å². The second-order valence-electron chi connectivity index (χ2n) is 5.20. The molecule has 4 unspecified atom stereocenters. The van der Waals surface area contributed by atoms with Gasteiger partial charge in [0.05, 0.1) is 17.7 Å². The average molecular weight is 322 g/mol. The lowest BCUT2D eigenvalue weighted by Crippen LogP contribution is -2.69. The molecule has 1 aliphatic carbocycles. The lowest BCUT2D eigenvalue weighted by atomic mass is 9.68. The van der Waals surface area contributed by atoms with Crippen molar-refractivity contribution < 1.29 is 4.74 Å². The lowest BCUT2D eigenvalue weighted by Gasteiger charge is -2.52. The number of nitrogens with two attached hydrogens (primary N) is 1. The SMILES string of the molecule is N#Cc1ccc(NC2C(N)C3CCCOC32)cc1Br. The van der Waals surface area contributed by atoms with Gasteiger partial charge in [0.1, 0.15) is 6.07 Å². The molecule has 1 saturated carbocycles. The zero-order valence-electron chi connectivity index (χ0n) is 10.5. The molecule has 1 aliphatic heterocycles. The van der Waals surface area contributed by atoms with Crippen molar-refractivity contribution in [2.24, 2.45) is 11.7 Å². The van der Waals surface area contributed by atoms with Gasteiger partial charge in [-0.1, -0.05) is 0 Å². The van der Waals surface area contributed by atoms with Crippen molar-refractivity contribution in [3.8, 4) is 6.07 Å². The zero-order chi connectivity index (χ0) is 13.4. The summed E-state index contributed by atoms with van der Waals surface area (Å²) < 4.78 is 6.60. The Kier molecular flexibility index (Phi) is 3.48. The predicted molar refractivity (Wildman–Crippen MR) is 76.7 cm³/mol. The Balaban J connectivity index is 1.72. The van der Waals surface area contributed by atoms with E-state index in [9.17, 15) is 0 Å². The summed E-state index contributed by atoms with van der Waals surface area (Å²) in [6.45, 7) is 0.836. The van der Waals surface area contributed by atoms with Crippen molar-refractivity contribution >= 4 is 21.6 Å². The van der Waals surface area contributed by atoms with Gasteiger partial charge >= 0.3 is 0 Å². The summed E-state index contributed by atoms with van der Waals surface area (Å²) in [5.74, 6) is 0.494. The molecule has 3 rings (SSSR count). The molecule has 19 heavy (non-hydrogen) atoms. The summed E-state index contributed by atoms with van der Waals surface area (Å²) in [4.78, 5) is 0. The summed E-state index contributed by atoms with van der Waals surface area (Å²) in [6.07, 6.45) is 2.52. The molecule has 0 amide bonds. The van der Waals surface area contributed by atoms with Crippen LogP contribution in [0.5, 0.6) is 0 Å². The normalized spacial score (nSPS) is 32.9. The Morgan fingerprint density at radius 1 is 1.47 bits per heavy atom. The maximum atomic E-state index is 8.90. The van der Waals surface area contributed by atoms with Crippen molar-refractivity contribution in [2.75, 3.05) is 11.9 Å². The third-order valence-corrected chi connectivity index (χ3v) is 4.76. The van der Waals surface area contributed by atoms with Gasteiger partial charge < -0.3 is 15.8 Å². The van der Waals surface area contributed by atoms with Gasteiger partial charge in [0.2, 0.25) is 0 Å². The number of hydrogen-bond acceptors (Lipinski definition) is 4. The van der Waals surface area contributed by atoms with Crippen LogP contribution in [0, 0.1) is 17.2 Å². The highest BCUT2D eigenvalue weighted by Gasteiger charge is 2.50. The minimum absolute atomic E-state index is 0.153. The minimum Gasteiger partial charge on any atom is -0.378 e. The molecular formula is C14H16BrN3O. The zero-order valence-corrected chi connectivity index (χ0v) is 12.1. The Morgan fingerprint density at radius 2 is 2.32 bits per heavy atom. The minimum atomic E-state index is 0.153. The van der Waals surface area contributed by atoms with E-state index in [0.717, 1.165) is 23.2 Å². The van der Waals surface area contributed by atoms with Gasteiger partial charge in [-0.15, -0.1) is 0 Å². The molecule has 100 valence electrons. The highest BCUT2D eigenvalue weighted by Crippen LogP contribution is 2.38. The average Bonchev–Trinajstić information content (AvgIpc) is 2.44. The number of fused-ring (bicyclic) bond motifs is 1. The van der Waals surface area contributed by atoms with Gasteiger partial charge in [0.15, 0.2) is 0 Å². The highest BCUT2D eigenvalue weighted by atomic mass is 79.9. The number of nitrogens with zero attached hydrogens (tertiary/aromatic N) is 1. The summed E-state index contributed by atoms with van der Waals surface area (Å²) in [7, 11) is 0. The first kappa shape index (κ1) is 12.9. The van der Waals surface area contributed by atoms with E-state index in [1.165, 1.54) is 6.42 Å². The molecule has 2 aliphatic rings. The first-order valence-corrected chi connectivity index (χ1v) is 7.33. The van der Waals surface area contributed by atoms with Crippen LogP contribution in [0.3, 0.4) is 0 Å². The van der Waals surface area contributed by atoms with Crippen LogP contribution in [0.4, 0.5) is 5.69 Å². The Morgan fingerprint density at radius 3 is 3.05 bits per heavy atom. The molecule has 0 bridgehead atoms. The molecule has 1 saturated heterocycles. The summed E-state index contributed by atoms with van der Waals surface area (Å²) >= 11 is 3.40. The van der Waals surface area contributed by atoms with E-state index >= 15 is 0 Å². The first-order chi connectivity index (χ1) is 9.20. The Labute approximate surface area is 121 Å². The second kappa shape index (κ2) is 5.12. The third-order valence-electron chi connectivity index (χ3n) is 4.10. The monoisotopic (exact) mass is 321 g/mol. The molecule has 4 nitrogen and oxygen atoms in total. The largest absolute Gasteiger partial charge is 0.378 e. The van der Waals surface area contributed by atoms with Crippen molar-refractivity contribution in [1.82, 2.24) is 0 Å². The van der Waals surface area contributed by atoms with E-state index in [-0.39, 0.29) is 18.2 Å². The number of halogens is 1. The van der Waals surface area contributed by atoms with Crippen molar-refractivity contribution in [3.05, 3.63) is 28.2 Å². The number of ether oxygens (including phenoxy) is 1. The first-order valence-electron chi connectivity index (χ1n) is 6.54. The van der Waals surface area contributed by atoms with Gasteiger partial charge in [0.25, 0.3) is 0 Å². The van der Waals surface area contributed by atoms with Gasteiger partial charge in [0, 0.05) is 28.7 Å². The fourth-order valence-electron chi connectivity index (χ4n) is 3.01. The third kappa shape index (κ3) is 2.25. The van der Waals surface area contributed by atoms with Crippen molar-refractivity contribution in [3.63, 3.8) is 0 Å². The van der Waals surface area contributed by atoms with E-state index in [1.54, 1.807) is 6.07 Å². The predicted octanol–water partition coefficient (Wildman–Crippen LogP) is 2.24. The lowest BCUT2D eigenvalue weighted by molar-refractivity contribution is -0.104. The van der Waals surface area contributed by atoms with E-state index in [4.69, 9.17) is 15.7 Å². The number of hydrogen-bond donors (Lipinski definition) is 2. The second-order valence-corrected chi connectivity index (χ2v) is 6.05. The fourth-order valence-corrected chi connectivity index (χ4v) is 3.48. The number of nitriles is 1. The van der Waals surface area contributed by atoms with Gasteiger partial charge in [-0.05, 0) is 47.0 Å². The molecule has 1 heterocycles. The molecule has 0 radical (unpaired) electrons. The smallest absolute Gasteiger partial charge is 0.100 e. The summed E-state index contributed by atoms with van der Waals surface area (Å²) in [5.41, 5.74) is 7.82. The number of anilines is 1. The quantitative estimate of drug-likeness (QED) is 0.876. The molecule has 0 spiro atoms. The number of rotatable bonds is 2. The Bertz CT molecular complexity index is 528. The van der Waals surface area contributed by atoms with E-state index in [2.05, 4.69) is 27.3 Å². The van der Waals surface area contributed by atoms with Crippen molar-refractivity contribution in [1.29, 1.82) is 5.26 Å².